The van der Waals surface area contributed by atoms with Crippen LogP contribution < -0.4 is 10.6 Å². The topological polar surface area (TPSA) is 41.1 Å². The largest absolute Gasteiger partial charge is 0.356 e. The first kappa shape index (κ1) is 10.5. The molecule has 0 heterocycles. The number of hydrogen-bond donors (Lipinski definition) is 2. The van der Waals surface area contributed by atoms with Crippen molar-refractivity contribution in [1.82, 2.24) is 10.6 Å². The molecule has 0 unspecified atom stereocenters. The van der Waals surface area contributed by atoms with E-state index in [1.54, 1.807) is 0 Å². The van der Waals surface area contributed by atoms with Gasteiger partial charge in [-0.15, -0.1) is 0 Å². The smallest absolute Gasteiger partial charge is 0.221 e. The van der Waals surface area contributed by atoms with E-state index in [1.807, 2.05) is 0 Å². The Morgan fingerprint density at radius 2 is 2.15 bits per heavy atom. The molecule has 13 heavy (non-hydrogen) atoms. The summed E-state index contributed by atoms with van der Waals surface area (Å²) in [5.41, 5.74) is 0. The lowest BCUT2D eigenvalue weighted by Gasteiger charge is -2.07. The van der Waals surface area contributed by atoms with Crippen molar-refractivity contribution < 1.29 is 4.79 Å². The lowest BCUT2D eigenvalue weighted by molar-refractivity contribution is -0.121. The highest BCUT2D eigenvalue weighted by Crippen LogP contribution is 2.18. The number of carbonyl (C=O) groups is 1. The van der Waals surface area contributed by atoms with Crippen LogP contribution in [0.2, 0.25) is 0 Å². The van der Waals surface area contributed by atoms with Crippen LogP contribution in [-0.4, -0.2) is 25.0 Å². The zero-order chi connectivity index (χ0) is 9.68. The van der Waals surface area contributed by atoms with Crippen molar-refractivity contribution in [3.8, 4) is 0 Å². The molecule has 1 fully saturated rings. The minimum atomic E-state index is 0.168. The maximum absolute atomic E-state index is 11.2. The SMILES string of the molecule is CC(C)CNC(=O)CCNC1CC1. The first-order valence-electron chi connectivity index (χ1n) is 5.18. The van der Waals surface area contributed by atoms with Crippen LogP contribution >= 0.6 is 0 Å². The summed E-state index contributed by atoms with van der Waals surface area (Å²) >= 11 is 0. The maximum Gasteiger partial charge on any atom is 0.221 e. The summed E-state index contributed by atoms with van der Waals surface area (Å²) in [5.74, 6) is 0.710. The molecule has 2 N–H and O–H groups in total. The minimum Gasteiger partial charge on any atom is -0.356 e. The van der Waals surface area contributed by atoms with Gasteiger partial charge in [-0.1, -0.05) is 13.8 Å². The van der Waals surface area contributed by atoms with E-state index >= 15 is 0 Å². The normalized spacial score (nSPS) is 16.2. The highest BCUT2D eigenvalue weighted by atomic mass is 16.1. The van der Waals surface area contributed by atoms with Gasteiger partial charge in [-0.2, -0.15) is 0 Å². The van der Waals surface area contributed by atoms with E-state index in [-0.39, 0.29) is 5.91 Å². The molecular formula is C10H20N2O. The third kappa shape index (κ3) is 5.64. The number of rotatable bonds is 6. The van der Waals surface area contributed by atoms with E-state index in [4.69, 9.17) is 0 Å². The molecule has 3 heteroatoms. The second-order valence-electron chi connectivity index (χ2n) is 4.18. The first-order valence-corrected chi connectivity index (χ1v) is 5.18. The number of hydrogen-bond acceptors (Lipinski definition) is 2. The summed E-state index contributed by atoms with van der Waals surface area (Å²) in [5, 5.41) is 6.21. The predicted octanol–water partition coefficient (Wildman–Crippen LogP) is 0.901. The maximum atomic E-state index is 11.2. The Labute approximate surface area is 80.3 Å². The third-order valence-corrected chi connectivity index (χ3v) is 2.07. The minimum absolute atomic E-state index is 0.168. The van der Waals surface area contributed by atoms with Crippen molar-refractivity contribution in [2.24, 2.45) is 5.92 Å². The number of amides is 1. The van der Waals surface area contributed by atoms with Gasteiger partial charge in [0.25, 0.3) is 0 Å². The Bertz CT molecular complexity index is 164. The number of nitrogens with one attached hydrogen (secondary N) is 2. The van der Waals surface area contributed by atoms with Gasteiger partial charge in [0.15, 0.2) is 0 Å². The Hall–Kier alpha value is -0.570. The van der Waals surface area contributed by atoms with E-state index in [9.17, 15) is 4.79 Å². The van der Waals surface area contributed by atoms with Crippen LogP contribution in [0.1, 0.15) is 33.1 Å². The molecule has 1 rings (SSSR count). The van der Waals surface area contributed by atoms with Crippen LogP contribution in [0.25, 0.3) is 0 Å². The molecular weight excluding hydrogens is 164 g/mol. The Balaban J connectivity index is 1.90. The van der Waals surface area contributed by atoms with Gasteiger partial charge in [-0.25, -0.2) is 0 Å². The summed E-state index contributed by atoms with van der Waals surface area (Å²) in [6, 6.07) is 0.706. The quantitative estimate of drug-likeness (QED) is 0.644. The van der Waals surface area contributed by atoms with Gasteiger partial charge >= 0.3 is 0 Å². The van der Waals surface area contributed by atoms with Gasteiger partial charge in [-0.05, 0) is 18.8 Å². The van der Waals surface area contributed by atoms with Crippen molar-refractivity contribution >= 4 is 5.91 Å². The fourth-order valence-corrected chi connectivity index (χ4v) is 1.08. The van der Waals surface area contributed by atoms with Gasteiger partial charge in [0, 0.05) is 25.6 Å². The van der Waals surface area contributed by atoms with E-state index in [2.05, 4.69) is 24.5 Å². The molecule has 0 aromatic heterocycles. The summed E-state index contributed by atoms with van der Waals surface area (Å²) < 4.78 is 0. The lowest BCUT2D eigenvalue weighted by atomic mass is 10.2. The van der Waals surface area contributed by atoms with Gasteiger partial charge in [0.1, 0.15) is 0 Å². The second kappa shape index (κ2) is 5.22. The van der Waals surface area contributed by atoms with Gasteiger partial charge in [0.2, 0.25) is 5.91 Å². The van der Waals surface area contributed by atoms with Crippen molar-refractivity contribution in [3.63, 3.8) is 0 Å². The van der Waals surface area contributed by atoms with E-state index in [1.165, 1.54) is 12.8 Å². The summed E-state index contributed by atoms with van der Waals surface area (Å²) in [7, 11) is 0. The molecule has 0 bridgehead atoms. The Morgan fingerprint density at radius 3 is 2.69 bits per heavy atom. The lowest BCUT2D eigenvalue weighted by Crippen LogP contribution is -2.30. The van der Waals surface area contributed by atoms with E-state index < -0.39 is 0 Å². The fraction of sp³-hybridized carbons (Fsp3) is 0.900. The monoisotopic (exact) mass is 184 g/mol. The molecule has 1 aliphatic rings. The summed E-state index contributed by atoms with van der Waals surface area (Å²) in [6.07, 6.45) is 3.18. The fourth-order valence-electron chi connectivity index (χ4n) is 1.08. The molecule has 0 aromatic carbocycles. The molecule has 0 atom stereocenters. The molecule has 0 aliphatic heterocycles. The molecule has 0 aromatic rings. The zero-order valence-electron chi connectivity index (χ0n) is 8.60. The average Bonchev–Trinajstić information content (AvgIpc) is 2.84. The van der Waals surface area contributed by atoms with Crippen molar-refractivity contribution in [2.75, 3.05) is 13.1 Å². The molecule has 0 spiro atoms. The molecule has 3 nitrogen and oxygen atoms in total. The van der Waals surface area contributed by atoms with Crippen molar-refractivity contribution in [1.29, 1.82) is 0 Å². The summed E-state index contributed by atoms with van der Waals surface area (Å²) in [6.45, 7) is 5.82. The third-order valence-electron chi connectivity index (χ3n) is 2.07. The molecule has 1 amide bonds. The van der Waals surface area contributed by atoms with Crippen LogP contribution in [0.15, 0.2) is 0 Å². The summed E-state index contributed by atoms with van der Waals surface area (Å²) in [4.78, 5) is 11.2. The molecule has 1 aliphatic carbocycles. The van der Waals surface area contributed by atoms with E-state index in [0.29, 0.717) is 18.4 Å². The van der Waals surface area contributed by atoms with Gasteiger partial charge in [0.05, 0.1) is 0 Å². The highest BCUT2D eigenvalue weighted by molar-refractivity contribution is 5.76. The first-order chi connectivity index (χ1) is 6.18. The van der Waals surface area contributed by atoms with Crippen LogP contribution in [0, 0.1) is 5.92 Å². The predicted molar refractivity (Wildman–Crippen MR) is 53.5 cm³/mol. The molecule has 76 valence electrons. The molecule has 0 radical (unpaired) electrons. The highest BCUT2D eigenvalue weighted by Gasteiger charge is 2.19. The van der Waals surface area contributed by atoms with Crippen molar-refractivity contribution in [2.45, 2.75) is 39.2 Å². The Morgan fingerprint density at radius 1 is 1.46 bits per heavy atom. The van der Waals surface area contributed by atoms with Gasteiger partial charge in [-0.3, -0.25) is 4.79 Å². The average molecular weight is 184 g/mol. The number of carbonyl (C=O) groups excluding carboxylic acids is 1. The van der Waals surface area contributed by atoms with E-state index in [0.717, 1.165) is 13.1 Å². The standard InChI is InChI=1S/C10H20N2O/c1-8(2)7-12-10(13)5-6-11-9-3-4-9/h8-9,11H,3-7H2,1-2H3,(H,12,13). The van der Waals surface area contributed by atoms with Gasteiger partial charge < -0.3 is 10.6 Å². The zero-order valence-corrected chi connectivity index (χ0v) is 8.60. The van der Waals surface area contributed by atoms with Crippen LogP contribution in [0.4, 0.5) is 0 Å². The van der Waals surface area contributed by atoms with Crippen LogP contribution in [0.3, 0.4) is 0 Å². The van der Waals surface area contributed by atoms with Crippen molar-refractivity contribution in [3.05, 3.63) is 0 Å². The van der Waals surface area contributed by atoms with Crippen LogP contribution in [0.5, 0.6) is 0 Å². The second-order valence-corrected chi connectivity index (χ2v) is 4.18. The van der Waals surface area contributed by atoms with Crippen LogP contribution in [-0.2, 0) is 4.79 Å². The molecule has 1 saturated carbocycles. The molecule has 0 saturated heterocycles. The Kier molecular flexibility index (Phi) is 4.22.